The summed E-state index contributed by atoms with van der Waals surface area (Å²) in [6, 6.07) is 3.82. The Morgan fingerprint density at radius 1 is 1.24 bits per heavy atom. The Morgan fingerprint density at radius 2 is 1.86 bits per heavy atom. The van der Waals surface area contributed by atoms with Crippen molar-refractivity contribution in [3.05, 3.63) is 23.9 Å². The lowest BCUT2D eigenvalue weighted by Gasteiger charge is -2.33. The number of aromatic nitrogens is 1. The zero-order chi connectivity index (χ0) is 16.3. The Kier molecular flexibility index (Phi) is 5.37. The highest BCUT2D eigenvalue weighted by Gasteiger charge is 2.27. The van der Waals surface area contributed by atoms with E-state index >= 15 is 0 Å². The Balaban J connectivity index is 2.80. The van der Waals surface area contributed by atoms with E-state index in [1.807, 2.05) is 13.8 Å². The molecule has 1 aromatic heterocycles. The molecule has 2 N–H and O–H groups in total. The topological polar surface area (TPSA) is 54.0 Å². The largest absolute Gasteiger partial charge is 0.368 e. The average molecular weight is 291 g/mol. The van der Waals surface area contributed by atoms with Crippen molar-refractivity contribution in [2.75, 3.05) is 5.32 Å². The fourth-order valence-corrected chi connectivity index (χ4v) is 2.70. The quantitative estimate of drug-likeness (QED) is 0.866. The highest BCUT2D eigenvalue weighted by atomic mass is 16.1. The summed E-state index contributed by atoms with van der Waals surface area (Å²) < 4.78 is 0. The number of pyridine rings is 1. The first-order valence-corrected chi connectivity index (χ1v) is 7.54. The van der Waals surface area contributed by atoms with E-state index in [0.29, 0.717) is 5.56 Å². The zero-order valence-corrected chi connectivity index (χ0v) is 14.4. The summed E-state index contributed by atoms with van der Waals surface area (Å²) in [5.41, 5.74) is 0.555. The van der Waals surface area contributed by atoms with Crippen LogP contribution in [-0.4, -0.2) is 22.5 Å². The minimum Gasteiger partial charge on any atom is -0.368 e. The first-order valence-electron chi connectivity index (χ1n) is 7.54. The van der Waals surface area contributed by atoms with Gasteiger partial charge in [0.1, 0.15) is 5.82 Å². The summed E-state index contributed by atoms with van der Waals surface area (Å²) in [5, 5.41) is 6.33. The Morgan fingerprint density at radius 3 is 2.38 bits per heavy atom. The van der Waals surface area contributed by atoms with Gasteiger partial charge < -0.3 is 10.6 Å². The van der Waals surface area contributed by atoms with Gasteiger partial charge in [-0.15, -0.1) is 0 Å². The maximum atomic E-state index is 12.4. The maximum Gasteiger partial charge on any atom is 0.251 e. The van der Waals surface area contributed by atoms with E-state index in [0.717, 1.165) is 12.2 Å². The molecule has 0 spiro atoms. The number of carbonyl (C=O) groups is 1. The number of anilines is 1. The molecule has 0 aliphatic heterocycles. The first kappa shape index (κ1) is 17.5. The van der Waals surface area contributed by atoms with E-state index in [1.165, 1.54) is 0 Å². The van der Waals surface area contributed by atoms with Crippen LogP contribution in [0.25, 0.3) is 0 Å². The van der Waals surface area contributed by atoms with Crippen molar-refractivity contribution in [1.82, 2.24) is 10.3 Å². The molecule has 0 fully saturated rings. The van der Waals surface area contributed by atoms with Gasteiger partial charge in [-0.2, -0.15) is 0 Å². The number of rotatable bonds is 5. The predicted molar refractivity (Wildman–Crippen MR) is 88.6 cm³/mol. The average Bonchev–Trinajstić information content (AvgIpc) is 2.24. The molecule has 1 aromatic rings. The van der Waals surface area contributed by atoms with Gasteiger partial charge in [-0.3, -0.25) is 4.79 Å². The monoisotopic (exact) mass is 291 g/mol. The van der Waals surface area contributed by atoms with Crippen LogP contribution in [0.3, 0.4) is 0 Å². The Bertz CT molecular complexity index is 487. The number of nitrogens with zero attached hydrogens (tertiary/aromatic N) is 1. The molecule has 0 atom stereocenters. The Hall–Kier alpha value is -1.58. The predicted octanol–water partition coefficient (Wildman–Crippen LogP) is 3.85. The molecular formula is C17H29N3O. The number of hydrogen-bond acceptors (Lipinski definition) is 3. The van der Waals surface area contributed by atoms with E-state index in [2.05, 4.69) is 50.2 Å². The van der Waals surface area contributed by atoms with Crippen molar-refractivity contribution in [2.45, 2.75) is 66.5 Å². The molecule has 21 heavy (non-hydrogen) atoms. The third kappa shape index (κ3) is 6.61. The van der Waals surface area contributed by atoms with Crippen LogP contribution >= 0.6 is 0 Å². The molecule has 0 aromatic carbocycles. The van der Waals surface area contributed by atoms with Crippen molar-refractivity contribution < 1.29 is 4.79 Å². The van der Waals surface area contributed by atoms with Crippen LogP contribution in [0.1, 0.15) is 65.2 Å². The van der Waals surface area contributed by atoms with Crippen molar-refractivity contribution in [3.63, 3.8) is 0 Å². The maximum absolute atomic E-state index is 12.4. The number of amides is 1. The fourth-order valence-electron chi connectivity index (χ4n) is 2.70. The third-order valence-electron chi connectivity index (χ3n) is 2.88. The van der Waals surface area contributed by atoms with Crippen molar-refractivity contribution in [3.8, 4) is 0 Å². The Labute approximate surface area is 128 Å². The lowest BCUT2D eigenvalue weighted by atomic mass is 9.81. The molecule has 118 valence electrons. The molecule has 0 saturated heterocycles. The SMILES string of the molecule is CC(C)Nc1cc(C(=O)NC(C)(C)CC(C)(C)C)ccn1. The molecule has 0 aliphatic carbocycles. The zero-order valence-electron chi connectivity index (χ0n) is 14.4. The van der Waals surface area contributed by atoms with Crippen molar-refractivity contribution in [1.29, 1.82) is 0 Å². The summed E-state index contributed by atoms with van der Waals surface area (Å²) in [6.45, 7) is 14.7. The van der Waals surface area contributed by atoms with E-state index < -0.39 is 0 Å². The summed E-state index contributed by atoms with van der Waals surface area (Å²) in [7, 11) is 0. The molecule has 0 unspecified atom stereocenters. The van der Waals surface area contributed by atoms with Crippen molar-refractivity contribution >= 4 is 11.7 Å². The molecule has 0 aliphatic rings. The summed E-state index contributed by atoms with van der Waals surface area (Å²) >= 11 is 0. The van der Waals surface area contributed by atoms with E-state index in [1.54, 1.807) is 18.3 Å². The highest BCUT2D eigenvalue weighted by Crippen LogP contribution is 2.27. The third-order valence-corrected chi connectivity index (χ3v) is 2.88. The second-order valence-corrected chi connectivity index (χ2v) is 7.80. The molecule has 1 rings (SSSR count). The van der Waals surface area contributed by atoms with Gasteiger partial charge in [0, 0.05) is 23.3 Å². The van der Waals surface area contributed by atoms with Crippen LogP contribution < -0.4 is 10.6 Å². The van der Waals surface area contributed by atoms with Gasteiger partial charge in [0.25, 0.3) is 5.91 Å². The smallest absolute Gasteiger partial charge is 0.251 e. The van der Waals surface area contributed by atoms with Gasteiger partial charge in [-0.05, 0) is 51.7 Å². The molecule has 0 saturated carbocycles. The van der Waals surface area contributed by atoms with E-state index in [-0.39, 0.29) is 22.9 Å². The standard InChI is InChI=1S/C17H29N3O/c1-12(2)19-14-10-13(8-9-18-14)15(21)20-17(6,7)11-16(3,4)5/h8-10,12H,11H2,1-7H3,(H,18,19)(H,20,21). The number of carbonyl (C=O) groups excluding carboxylic acids is 1. The molecular weight excluding hydrogens is 262 g/mol. The van der Waals surface area contributed by atoms with Gasteiger partial charge >= 0.3 is 0 Å². The molecule has 4 heteroatoms. The minimum absolute atomic E-state index is 0.0570. The van der Waals surface area contributed by atoms with E-state index in [9.17, 15) is 4.79 Å². The lowest BCUT2D eigenvalue weighted by Crippen LogP contribution is -2.45. The molecule has 0 radical (unpaired) electrons. The molecule has 1 heterocycles. The first-order chi connectivity index (χ1) is 9.48. The second kappa shape index (κ2) is 6.46. The van der Waals surface area contributed by atoms with Crippen molar-refractivity contribution in [2.24, 2.45) is 5.41 Å². The van der Waals surface area contributed by atoms with Gasteiger partial charge in [0.2, 0.25) is 0 Å². The lowest BCUT2D eigenvalue weighted by molar-refractivity contribution is 0.0891. The summed E-state index contributed by atoms with van der Waals surface area (Å²) in [6.07, 6.45) is 2.57. The van der Waals surface area contributed by atoms with Gasteiger partial charge in [0.15, 0.2) is 0 Å². The van der Waals surface area contributed by atoms with Gasteiger partial charge in [-0.1, -0.05) is 20.8 Å². The highest BCUT2D eigenvalue weighted by molar-refractivity contribution is 5.95. The normalized spacial score (nSPS) is 12.4. The summed E-state index contributed by atoms with van der Waals surface area (Å²) in [4.78, 5) is 16.6. The van der Waals surface area contributed by atoms with Crippen LogP contribution in [0.2, 0.25) is 0 Å². The van der Waals surface area contributed by atoms with Crippen LogP contribution in [-0.2, 0) is 0 Å². The molecule has 4 nitrogen and oxygen atoms in total. The van der Waals surface area contributed by atoms with Crippen LogP contribution in [0.15, 0.2) is 18.3 Å². The molecule has 1 amide bonds. The van der Waals surface area contributed by atoms with Gasteiger partial charge in [-0.25, -0.2) is 4.98 Å². The van der Waals surface area contributed by atoms with Gasteiger partial charge in [0.05, 0.1) is 0 Å². The summed E-state index contributed by atoms with van der Waals surface area (Å²) in [5.74, 6) is 0.671. The van der Waals surface area contributed by atoms with Crippen LogP contribution in [0, 0.1) is 5.41 Å². The molecule has 0 bridgehead atoms. The van der Waals surface area contributed by atoms with Crippen LogP contribution in [0.4, 0.5) is 5.82 Å². The number of hydrogen-bond donors (Lipinski definition) is 2. The second-order valence-electron chi connectivity index (χ2n) is 7.80. The fraction of sp³-hybridized carbons (Fsp3) is 0.647. The van der Waals surface area contributed by atoms with Crippen LogP contribution in [0.5, 0.6) is 0 Å². The minimum atomic E-state index is -0.246. The van der Waals surface area contributed by atoms with E-state index in [4.69, 9.17) is 0 Å². The number of nitrogens with one attached hydrogen (secondary N) is 2.